The van der Waals surface area contributed by atoms with Crippen molar-refractivity contribution in [1.82, 2.24) is 9.88 Å². The normalized spacial score (nSPS) is 14.6. The summed E-state index contributed by atoms with van der Waals surface area (Å²) in [6.45, 7) is 2.86. The minimum Gasteiger partial charge on any atom is -0.506 e. The van der Waals surface area contributed by atoms with Crippen LogP contribution in [0.2, 0.25) is 0 Å². The lowest BCUT2D eigenvalue weighted by molar-refractivity contribution is 0.0941. The number of aromatic hydroxyl groups is 1. The van der Waals surface area contributed by atoms with E-state index in [1.807, 2.05) is 30.3 Å². The van der Waals surface area contributed by atoms with E-state index in [-0.39, 0.29) is 11.8 Å². The molecular formula is C17H19N3O3. The Morgan fingerprint density at radius 1 is 1.09 bits per heavy atom. The highest BCUT2D eigenvalue weighted by atomic mass is 16.6. The highest BCUT2D eigenvalue weighted by Crippen LogP contribution is 2.16. The van der Waals surface area contributed by atoms with Gasteiger partial charge in [0.1, 0.15) is 18.2 Å². The molecule has 0 bridgehead atoms. The van der Waals surface area contributed by atoms with Gasteiger partial charge in [0.25, 0.3) is 0 Å². The topological polar surface area (TPSA) is 65.9 Å². The molecule has 120 valence electrons. The molecule has 1 fully saturated rings. The number of anilines is 1. The molecule has 1 aromatic heterocycles. The first-order valence-electron chi connectivity index (χ1n) is 7.58. The molecule has 2 aromatic rings. The SMILES string of the molecule is O=C(OCc1ccccc1)N1CCN(c2ccc(O)cn2)CC1. The lowest BCUT2D eigenvalue weighted by Gasteiger charge is -2.34. The van der Waals surface area contributed by atoms with Gasteiger partial charge in [-0.05, 0) is 17.7 Å². The summed E-state index contributed by atoms with van der Waals surface area (Å²) in [5, 5.41) is 9.27. The predicted molar refractivity (Wildman–Crippen MR) is 86.3 cm³/mol. The first-order chi connectivity index (χ1) is 11.2. The molecule has 0 radical (unpaired) electrons. The van der Waals surface area contributed by atoms with Crippen molar-refractivity contribution in [1.29, 1.82) is 0 Å². The number of piperazine rings is 1. The van der Waals surface area contributed by atoms with Crippen molar-refractivity contribution in [2.24, 2.45) is 0 Å². The zero-order valence-corrected chi connectivity index (χ0v) is 12.8. The lowest BCUT2D eigenvalue weighted by Crippen LogP contribution is -2.49. The van der Waals surface area contributed by atoms with Crippen LogP contribution in [0.25, 0.3) is 0 Å². The molecule has 1 aliphatic rings. The van der Waals surface area contributed by atoms with E-state index in [9.17, 15) is 9.90 Å². The number of hydrogen-bond acceptors (Lipinski definition) is 5. The molecular weight excluding hydrogens is 294 g/mol. The Balaban J connectivity index is 1.48. The van der Waals surface area contributed by atoms with Crippen LogP contribution in [-0.4, -0.2) is 47.3 Å². The number of hydrogen-bond donors (Lipinski definition) is 1. The van der Waals surface area contributed by atoms with E-state index in [2.05, 4.69) is 9.88 Å². The summed E-state index contributed by atoms with van der Waals surface area (Å²) in [7, 11) is 0. The molecule has 6 nitrogen and oxygen atoms in total. The van der Waals surface area contributed by atoms with Gasteiger partial charge in [-0.1, -0.05) is 30.3 Å². The molecule has 1 aromatic carbocycles. The average Bonchev–Trinajstić information content (AvgIpc) is 2.61. The van der Waals surface area contributed by atoms with Gasteiger partial charge in [-0.2, -0.15) is 0 Å². The van der Waals surface area contributed by atoms with E-state index in [0.29, 0.717) is 32.8 Å². The molecule has 0 unspecified atom stereocenters. The zero-order valence-electron chi connectivity index (χ0n) is 12.8. The predicted octanol–water partition coefficient (Wildman–Crippen LogP) is 2.25. The van der Waals surface area contributed by atoms with Gasteiger partial charge >= 0.3 is 6.09 Å². The second-order valence-corrected chi connectivity index (χ2v) is 5.39. The van der Waals surface area contributed by atoms with Crippen molar-refractivity contribution in [3.63, 3.8) is 0 Å². The first-order valence-corrected chi connectivity index (χ1v) is 7.58. The molecule has 1 aliphatic heterocycles. The van der Waals surface area contributed by atoms with E-state index in [4.69, 9.17) is 4.74 Å². The fraction of sp³-hybridized carbons (Fsp3) is 0.294. The van der Waals surface area contributed by atoms with E-state index < -0.39 is 0 Å². The number of carbonyl (C=O) groups excluding carboxylic acids is 1. The monoisotopic (exact) mass is 313 g/mol. The molecule has 0 aliphatic carbocycles. The Hall–Kier alpha value is -2.76. The molecule has 6 heteroatoms. The summed E-state index contributed by atoms with van der Waals surface area (Å²) in [6.07, 6.45) is 1.14. The quantitative estimate of drug-likeness (QED) is 0.941. The molecule has 0 spiro atoms. The molecule has 1 saturated heterocycles. The second kappa shape index (κ2) is 7.00. The van der Waals surface area contributed by atoms with E-state index in [1.165, 1.54) is 6.20 Å². The van der Waals surface area contributed by atoms with Crippen LogP contribution in [0.4, 0.5) is 10.6 Å². The van der Waals surface area contributed by atoms with Crippen molar-refractivity contribution >= 4 is 11.9 Å². The Bertz CT molecular complexity index is 638. The maximum Gasteiger partial charge on any atom is 0.410 e. The molecule has 1 N–H and O–H groups in total. The summed E-state index contributed by atoms with van der Waals surface area (Å²) in [4.78, 5) is 20.1. The number of nitrogens with zero attached hydrogens (tertiary/aromatic N) is 3. The van der Waals surface area contributed by atoms with Gasteiger partial charge < -0.3 is 19.6 Å². The van der Waals surface area contributed by atoms with E-state index in [0.717, 1.165) is 11.4 Å². The van der Waals surface area contributed by atoms with Gasteiger partial charge in [-0.15, -0.1) is 0 Å². The van der Waals surface area contributed by atoms with Crippen LogP contribution in [-0.2, 0) is 11.3 Å². The number of benzene rings is 1. The minimum atomic E-state index is -0.285. The highest BCUT2D eigenvalue weighted by molar-refractivity contribution is 5.68. The van der Waals surface area contributed by atoms with E-state index >= 15 is 0 Å². The first kappa shape index (κ1) is 15.1. The van der Waals surface area contributed by atoms with Gasteiger partial charge in [0.05, 0.1) is 6.20 Å². The minimum absolute atomic E-state index is 0.150. The van der Waals surface area contributed by atoms with E-state index in [1.54, 1.807) is 17.0 Å². The Kier molecular flexibility index (Phi) is 4.61. The fourth-order valence-electron chi connectivity index (χ4n) is 2.49. The summed E-state index contributed by atoms with van der Waals surface area (Å²) in [5.74, 6) is 0.956. The van der Waals surface area contributed by atoms with Gasteiger partial charge in [0.2, 0.25) is 0 Å². The Labute approximate surface area is 134 Å². The number of aromatic nitrogens is 1. The van der Waals surface area contributed by atoms with Crippen LogP contribution in [0.15, 0.2) is 48.7 Å². The third kappa shape index (κ3) is 3.91. The molecule has 23 heavy (non-hydrogen) atoms. The molecule has 0 saturated carbocycles. The van der Waals surface area contributed by atoms with Gasteiger partial charge in [0.15, 0.2) is 0 Å². The van der Waals surface area contributed by atoms with Crippen LogP contribution in [0.3, 0.4) is 0 Å². The number of amides is 1. The van der Waals surface area contributed by atoms with Crippen molar-refractivity contribution in [3.05, 3.63) is 54.2 Å². The van der Waals surface area contributed by atoms with Gasteiger partial charge in [0, 0.05) is 26.2 Å². The Morgan fingerprint density at radius 2 is 1.83 bits per heavy atom. The summed E-state index contributed by atoms with van der Waals surface area (Å²) in [5.41, 5.74) is 0.979. The third-order valence-electron chi connectivity index (χ3n) is 3.80. The van der Waals surface area contributed by atoms with Crippen molar-refractivity contribution < 1.29 is 14.6 Å². The van der Waals surface area contributed by atoms with Crippen LogP contribution in [0, 0.1) is 0 Å². The number of carbonyl (C=O) groups is 1. The maximum absolute atomic E-state index is 12.1. The standard InChI is InChI=1S/C17H19N3O3/c21-15-6-7-16(18-12-15)19-8-10-20(11-9-19)17(22)23-13-14-4-2-1-3-5-14/h1-7,12,21H,8-11,13H2. The summed E-state index contributed by atoms with van der Waals surface area (Å²) >= 11 is 0. The van der Waals surface area contributed by atoms with Crippen LogP contribution in [0.1, 0.15) is 5.56 Å². The largest absolute Gasteiger partial charge is 0.506 e. The molecule has 0 atom stereocenters. The van der Waals surface area contributed by atoms with Crippen molar-refractivity contribution in [3.8, 4) is 5.75 Å². The fourth-order valence-corrected chi connectivity index (χ4v) is 2.49. The van der Waals surface area contributed by atoms with Gasteiger partial charge in [-0.25, -0.2) is 9.78 Å². The molecule has 2 heterocycles. The smallest absolute Gasteiger partial charge is 0.410 e. The number of rotatable bonds is 3. The maximum atomic E-state index is 12.1. The van der Waals surface area contributed by atoms with Crippen LogP contribution < -0.4 is 4.90 Å². The number of ether oxygens (including phenoxy) is 1. The molecule has 3 rings (SSSR count). The molecule has 1 amide bonds. The lowest BCUT2D eigenvalue weighted by atomic mass is 10.2. The van der Waals surface area contributed by atoms with Crippen molar-refractivity contribution in [2.75, 3.05) is 31.1 Å². The highest BCUT2D eigenvalue weighted by Gasteiger charge is 2.22. The third-order valence-corrected chi connectivity index (χ3v) is 3.80. The summed E-state index contributed by atoms with van der Waals surface area (Å²) in [6, 6.07) is 13.0. The Morgan fingerprint density at radius 3 is 2.48 bits per heavy atom. The summed E-state index contributed by atoms with van der Waals surface area (Å²) < 4.78 is 5.34. The average molecular weight is 313 g/mol. The zero-order chi connectivity index (χ0) is 16.1. The van der Waals surface area contributed by atoms with Crippen molar-refractivity contribution in [2.45, 2.75) is 6.61 Å². The van der Waals surface area contributed by atoms with Crippen LogP contribution >= 0.6 is 0 Å². The van der Waals surface area contributed by atoms with Crippen LogP contribution in [0.5, 0.6) is 5.75 Å². The van der Waals surface area contributed by atoms with Gasteiger partial charge in [-0.3, -0.25) is 0 Å². The number of pyridine rings is 1. The second-order valence-electron chi connectivity index (χ2n) is 5.39.